The number of amides is 1. The van der Waals surface area contributed by atoms with E-state index in [0.717, 1.165) is 18.5 Å². The Hall–Kier alpha value is -2.96. The minimum absolute atomic E-state index is 0.200. The molecule has 7 heteroatoms. The zero-order chi connectivity index (χ0) is 17.8. The molecule has 1 amide bonds. The fraction of sp³-hybridized carbons (Fsp3) is 0.333. The smallest absolute Gasteiger partial charge is 0.338 e. The highest BCUT2D eigenvalue weighted by Gasteiger charge is 2.25. The lowest BCUT2D eigenvalue weighted by Gasteiger charge is -2.10. The van der Waals surface area contributed by atoms with Gasteiger partial charge in [-0.25, -0.2) is 9.48 Å². The van der Waals surface area contributed by atoms with Crippen LogP contribution in [0.3, 0.4) is 0 Å². The van der Waals surface area contributed by atoms with Gasteiger partial charge >= 0.3 is 5.97 Å². The van der Waals surface area contributed by atoms with Crippen LogP contribution >= 0.6 is 0 Å². The summed E-state index contributed by atoms with van der Waals surface area (Å²) in [6.45, 7) is 0.501. The Labute approximate surface area is 144 Å². The number of rotatable bonds is 6. The Kier molecular flexibility index (Phi) is 4.92. The first-order valence-electron chi connectivity index (χ1n) is 8.13. The highest BCUT2D eigenvalue weighted by molar-refractivity contribution is 6.05. The molecule has 0 spiro atoms. The maximum atomic E-state index is 12.3. The molecule has 0 radical (unpaired) electrons. The SMILES string of the molecule is COC(=O)c1ccccc1C(=O)NCCn1nc(C2CC2)ccc1=O. The summed E-state index contributed by atoms with van der Waals surface area (Å²) in [4.78, 5) is 35.9. The summed E-state index contributed by atoms with van der Waals surface area (Å²) in [5.41, 5.74) is 1.16. The fourth-order valence-electron chi connectivity index (χ4n) is 2.56. The van der Waals surface area contributed by atoms with Crippen molar-refractivity contribution >= 4 is 11.9 Å². The first-order chi connectivity index (χ1) is 12.1. The van der Waals surface area contributed by atoms with Gasteiger partial charge in [-0.2, -0.15) is 5.10 Å². The maximum absolute atomic E-state index is 12.3. The molecule has 0 saturated heterocycles. The molecule has 130 valence electrons. The Morgan fingerprint density at radius 2 is 1.92 bits per heavy atom. The second-order valence-corrected chi connectivity index (χ2v) is 5.89. The summed E-state index contributed by atoms with van der Waals surface area (Å²) in [6, 6.07) is 9.70. The van der Waals surface area contributed by atoms with Crippen LogP contribution in [0.5, 0.6) is 0 Å². The summed E-state index contributed by atoms with van der Waals surface area (Å²) in [5.74, 6) is -0.512. The van der Waals surface area contributed by atoms with E-state index in [0.29, 0.717) is 5.92 Å². The summed E-state index contributed by atoms with van der Waals surface area (Å²) < 4.78 is 6.04. The third-order valence-corrected chi connectivity index (χ3v) is 4.07. The van der Waals surface area contributed by atoms with Crippen molar-refractivity contribution in [1.82, 2.24) is 15.1 Å². The summed E-state index contributed by atoms with van der Waals surface area (Å²) in [6.07, 6.45) is 2.21. The summed E-state index contributed by atoms with van der Waals surface area (Å²) >= 11 is 0. The van der Waals surface area contributed by atoms with Crippen LogP contribution in [0, 0.1) is 0 Å². The van der Waals surface area contributed by atoms with Crippen molar-refractivity contribution in [3.8, 4) is 0 Å². The van der Waals surface area contributed by atoms with Crippen LogP contribution < -0.4 is 10.9 Å². The molecule has 0 bridgehead atoms. The largest absolute Gasteiger partial charge is 0.465 e. The lowest BCUT2D eigenvalue weighted by atomic mass is 10.1. The zero-order valence-corrected chi connectivity index (χ0v) is 13.9. The van der Waals surface area contributed by atoms with E-state index in [1.165, 1.54) is 23.9 Å². The van der Waals surface area contributed by atoms with Gasteiger partial charge in [0.2, 0.25) is 0 Å². The van der Waals surface area contributed by atoms with E-state index in [1.807, 2.05) is 0 Å². The number of esters is 1. The molecular weight excluding hydrogens is 322 g/mol. The normalized spacial score (nSPS) is 13.3. The van der Waals surface area contributed by atoms with Gasteiger partial charge in [0.05, 0.1) is 30.5 Å². The van der Waals surface area contributed by atoms with Gasteiger partial charge < -0.3 is 10.1 Å². The standard InChI is InChI=1S/C18H19N3O4/c1-25-18(24)14-5-3-2-4-13(14)17(23)19-10-11-21-16(22)9-8-15(20-21)12-6-7-12/h2-5,8-9,12H,6-7,10-11H2,1H3,(H,19,23). The molecule has 1 N–H and O–H groups in total. The molecule has 1 aromatic heterocycles. The quantitative estimate of drug-likeness (QED) is 0.801. The molecule has 2 aromatic rings. The van der Waals surface area contributed by atoms with Crippen LogP contribution in [0.1, 0.15) is 45.2 Å². The Morgan fingerprint density at radius 1 is 1.20 bits per heavy atom. The molecular formula is C18H19N3O4. The molecule has 3 rings (SSSR count). The molecule has 0 unspecified atom stereocenters. The van der Waals surface area contributed by atoms with Crippen molar-refractivity contribution in [3.63, 3.8) is 0 Å². The van der Waals surface area contributed by atoms with Gasteiger partial charge in [0.25, 0.3) is 11.5 Å². The zero-order valence-electron chi connectivity index (χ0n) is 13.9. The molecule has 1 heterocycles. The van der Waals surface area contributed by atoms with Crippen molar-refractivity contribution in [2.24, 2.45) is 0 Å². The van der Waals surface area contributed by atoms with Crippen LogP contribution in [-0.2, 0) is 11.3 Å². The molecule has 1 fully saturated rings. The van der Waals surface area contributed by atoms with Crippen LogP contribution in [-0.4, -0.2) is 35.3 Å². The highest BCUT2D eigenvalue weighted by Crippen LogP contribution is 2.38. The minimum atomic E-state index is -0.569. The van der Waals surface area contributed by atoms with E-state index < -0.39 is 11.9 Å². The third-order valence-electron chi connectivity index (χ3n) is 4.07. The molecule has 25 heavy (non-hydrogen) atoms. The van der Waals surface area contributed by atoms with Crippen molar-refractivity contribution in [2.75, 3.05) is 13.7 Å². The van der Waals surface area contributed by atoms with Crippen molar-refractivity contribution in [3.05, 3.63) is 63.6 Å². The van der Waals surface area contributed by atoms with Crippen LogP contribution in [0.15, 0.2) is 41.2 Å². The number of methoxy groups -OCH3 is 1. The number of hydrogen-bond donors (Lipinski definition) is 1. The lowest BCUT2D eigenvalue weighted by molar-refractivity contribution is 0.0596. The molecule has 1 aliphatic carbocycles. The molecule has 1 aliphatic rings. The van der Waals surface area contributed by atoms with Gasteiger partial charge in [-0.3, -0.25) is 9.59 Å². The van der Waals surface area contributed by atoms with E-state index in [1.54, 1.807) is 24.3 Å². The molecule has 0 atom stereocenters. The number of nitrogens with one attached hydrogen (secondary N) is 1. The Balaban J connectivity index is 1.65. The van der Waals surface area contributed by atoms with Gasteiger partial charge in [0.1, 0.15) is 0 Å². The number of carbonyl (C=O) groups is 2. The average molecular weight is 341 g/mol. The fourth-order valence-corrected chi connectivity index (χ4v) is 2.56. The third kappa shape index (κ3) is 3.93. The lowest BCUT2D eigenvalue weighted by Crippen LogP contribution is -2.32. The Bertz CT molecular complexity index is 855. The van der Waals surface area contributed by atoms with Crippen LogP contribution in [0.2, 0.25) is 0 Å². The van der Waals surface area contributed by atoms with Crippen molar-refractivity contribution in [2.45, 2.75) is 25.3 Å². The molecule has 7 nitrogen and oxygen atoms in total. The Morgan fingerprint density at radius 3 is 2.60 bits per heavy atom. The predicted molar refractivity (Wildman–Crippen MR) is 90.6 cm³/mol. The number of benzene rings is 1. The van der Waals surface area contributed by atoms with E-state index >= 15 is 0 Å². The molecule has 1 aromatic carbocycles. The molecule has 0 aliphatic heterocycles. The van der Waals surface area contributed by atoms with Crippen molar-refractivity contribution < 1.29 is 14.3 Å². The second-order valence-electron chi connectivity index (χ2n) is 5.89. The minimum Gasteiger partial charge on any atom is -0.465 e. The van der Waals surface area contributed by atoms with Crippen LogP contribution in [0.25, 0.3) is 0 Å². The number of hydrogen-bond acceptors (Lipinski definition) is 5. The van der Waals surface area contributed by atoms with Gasteiger partial charge in [0.15, 0.2) is 0 Å². The van der Waals surface area contributed by atoms with E-state index in [9.17, 15) is 14.4 Å². The highest BCUT2D eigenvalue weighted by atomic mass is 16.5. The number of nitrogens with zero attached hydrogens (tertiary/aromatic N) is 2. The van der Waals surface area contributed by atoms with Gasteiger partial charge in [-0.05, 0) is 31.0 Å². The van der Waals surface area contributed by atoms with Gasteiger partial charge in [-0.15, -0.1) is 0 Å². The van der Waals surface area contributed by atoms with Gasteiger partial charge in [0, 0.05) is 18.5 Å². The monoisotopic (exact) mass is 341 g/mol. The van der Waals surface area contributed by atoms with E-state index in [4.69, 9.17) is 0 Å². The first kappa shape index (κ1) is 16.9. The topological polar surface area (TPSA) is 90.3 Å². The predicted octanol–water partition coefficient (Wildman–Crippen LogP) is 1.34. The number of carbonyl (C=O) groups excluding carboxylic acids is 2. The van der Waals surface area contributed by atoms with Crippen LogP contribution in [0.4, 0.5) is 0 Å². The second kappa shape index (κ2) is 7.29. The maximum Gasteiger partial charge on any atom is 0.338 e. The van der Waals surface area contributed by atoms with Crippen molar-refractivity contribution in [1.29, 1.82) is 0 Å². The summed E-state index contributed by atoms with van der Waals surface area (Å²) in [7, 11) is 1.27. The first-order valence-corrected chi connectivity index (χ1v) is 8.13. The van der Waals surface area contributed by atoms with Gasteiger partial charge in [-0.1, -0.05) is 12.1 Å². The van der Waals surface area contributed by atoms with E-state index in [-0.39, 0.29) is 29.8 Å². The number of ether oxygens (including phenoxy) is 1. The van der Waals surface area contributed by atoms with E-state index in [2.05, 4.69) is 15.2 Å². The molecule has 1 saturated carbocycles. The number of aromatic nitrogens is 2. The summed E-state index contributed by atoms with van der Waals surface area (Å²) in [5, 5.41) is 7.05. The average Bonchev–Trinajstić information content (AvgIpc) is 3.47.